The van der Waals surface area contributed by atoms with Crippen LogP contribution in [0.25, 0.3) is 0 Å². The SMILES string of the molecule is Cc1cc(C)c(C2CC(=O)OC2=O)[nH]1. The number of aromatic nitrogens is 1. The molecule has 0 aromatic carbocycles. The van der Waals surface area contributed by atoms with E-state index >= 15 is 0 Å². The number of H-pyrrole nitrogens is 1. The lowest BCUT2D eigenvalue weighted by Crippen LogP contribution is -2.07. The van der Waals surface area contributed by atoms with Gasteiger partial charge in [-0.1, -0.05) is 0 Å². The Balaban J connectivity index is 2.36. The van der Waals surface area contributed by atoms with Gasteiger partial charge in [0.1, 0.15) is 5.92 Å². The van der Waals surface area contributed by atoms with Crippen LogP contribution in [0.3, 0.4) is 0 Å². The Morgan fingerprint density at radius 2 is 2.14 bits per heavy atom. The molecule has 14 heavy (non-hydrogen) atoms. The minimum atomic E-state index is -0.444. The standard InChI is InChI=1S/C10H11NO3/c1-5-3-6(2)11-9(5)7-4-8(12)14-10(7)13/h3,7,11H,4H2,1-2H3. The average Bonchev–Trinajstić information content (AvgIpc) is 2.55. The van der Waals surface area contributed by atoms with Gasteiger partial charge >= 0.3 is 11.9 Å². The van der Waals surface area contributed by atoms with Crippen LogP contribution >= 0.6 is 0 Å². The van der Waals surface area contributed by atoms with Gasteiger partial charge in [0.2, 0.25) is 0 Å². The van der Waals surface area contributed by atoms with Crippen molar-refractivity contribution in [1.29, 1.82) is 0 Å². The molecule has 0 radical (unpaired) electrons. The summed E-state index contributed by atoms with van der Waals surface area (Å²) >= 11 is 0. The van der Waals surface area contributed by atoms with Crippen LogP contribution in [-0.4, -0.2) is 16.9 Å². The molecular formula is C10H11NO3. The second kappa shape index (κ2) is 2.97. The van der Waals surface area contributed by atoms with Crippen molar-refractivity contribution in [1.82, 2.24) is 4.98 Å². The highest BCUT2D eigenvalue weighted by Crippen LogP contribution is 2.29. The van der Waals surface area contributed by atoms with Gasteiger partial charge in [0, 0.05) is 11.4 Å². The number of nitrogens with one attached hydrogen (secondary N) is 1. The molecule has 1 unspecified atom stereocenters. The van der Waals surface area contributed by atoms with E-state index in [1.165, 1.54) is 0 Å². The van der Waals surface area contributed by atoms with E-state index in [9.17, 15) is 9.59 Å². The molecule has 0 bridgehead atoms. The number of aryl methyl sites for hydroxylation is 2. The van der Waals surface area contributed by atoms with Crippen molar-refractivity contribution in [3.8, 4) is 0 Å². The Morgan fingerprint density at radius 3 is 2.57 bits per heavy atom. The molecule has 1 aromatic heterocycles. The number of hydrogen-bond acceptors (Lipinski definition) is 3. The summed E-state index contributed by atoms with van der Waals surface area (Å²) in [4.78, 5) is 25.3. The second-order valence-electron chi connectivity index (χ2n) is 3.60. The van der Waals surface area contributed by atoms with E-state index < -0.39 is 17.9 Å². The first-order chi connectivity index (χ1) is 6.58. The predicted molar refractivity (Wildman–Crippen MR) is 48.7 cm³/mol. The van der Waals surface area contributed by atoms with Crippen LogP contribution in [-0.2, 0) is 14.3 Å². The topological polar surface area (TPSA) is 59.2 Å². The molecule has 74 valence electrons. The lowest BCUT2D eigenvalue weighted by atomic mass is 10.0. The van der Waals surface area contributed by atoms with Gasteiger partial charge in [0.25, 0.3) is 0 Å². The average molecular weight is 193 g/mol. The summed E-state index contributed by atoms with van der Waals surface area (Å²) in [5.74, 6) is -1.32. The normalized spacial score (nSPS) is 21.4. The Kier molecular flexibility index (Phi) is 1.91. The van der Waals surface area contributed by atoms with E-state index in [2.05, 4.69) is 9.72 Å². The monoisotopic (exact) mass is 193 g/mol. The summed E-state index contributed by atoms with van der Waals surface area (Å²) < 4.78 is 4.49. The van der Waals surface area contributed by atoms with Crippen LogP contribution in [0, 0.1) is 13.8 Å². The van der Waals surface area contributed by atoms with Crippen molar-refractivity contribution < 1.29 is 14.3 Å². The van der Waals surface area contributed by atoms with E-state index in [1.807, 2.05) is 19.9 Å². The number of rotatable bonds is 1. The van der Waals surface area contributed by atoms with Crippen molar-refractivity contribution in [2.24, 2.45) is 0 Å². The first-order valence-electron chi connectivity index (χ1n) is 4.48. The molecule has 1 aliphatic rings. The quantitative estimate of drug-likeness (QED) is 0.538. The third-order valence-electron chi connectivity index (χ3n) is 2.41. The molecule has 1 fully saturated rings. The van der Waals surface area contributed by atoms with Crippen LogP contribution in [0.15, 0.2) is 6.07 Å². The molecular weight excluding hydrogens is 182 g/mol. The highest BCUT2D eigenvalue weighted by molar-refractivity contribution is 5.97. The number of cyclic esters (lactones) is 2. The number of hydrogen-bond donors (Lipinski definition) is 1. The molecule has 1 aliphatic heterocycles. The molecule has 1 atom stereocenters. The Morgan fingerprint density at radius 1 is 1.43 bits per heavy atom. The molecule has 1 saturated heterocycles. The molecule has 2 heterocycles. The zero-order chi connectivity index (χ0) is 10.3. The fourth-order valence-electron chi connectivity index (χ4n) is 1.81. The number of carbonyl (C=O) groups is 2. The van der Waals surface area contributed by atoms with E-state index in [4.69, 9.17) is 0 Å². The largest absolute Gasteiger partial charge is 0.393 e. The zero-order valence-corrected chi connectivity index (χ0v) is 8.09. The van der Waals surface area contributed by atoms with E-state index in [0.717, 1.165) is 17.0 Å². The van der Waals surface area contributed by atoms with Crippen LogP contribution in [0.1, 0.15) is 29.3 Å². The first-order valence-corrected chi connectivity index (χ1v) is 4.48. The van der Waals surface area contributed by atoms with Gasteiger partial charge in [0.05, 0.1) is 6.42 Å². The minimum absolute atomic E-state index is 0.152. The summed E-state index contributed by atoms with van der Waals surface area (Å²) in [5.41, 5.74) is 2.79. The Hall–Kier alpha value is -1.58. The molecule has 0 aliphatic carbocycles. The molecule has 4 heteroatoms. The van der Waals surface area contributed by atoms with Gasteiger partial charge in [-0.2, -0.15) is 0 Å². The van der Waals surface area contributed by atoms with Gasteiger partial charge in [-0.25, -0.2) is 0 Å². The molecule has 0 saturated carbocycles. The molecule has 4 nitrogen and oxygen atoms in total. The highest BCUT2D eigenvalue weighted by Gasteiger charge is 2.36. The Bertz CT molecular complexity index is 405. The zero-order valence-electron chi connectivity index (χ0n) is 8.09. The summed E-state index contributed by atoms with van der Waals surface area (Å²) in [5, 5.41) is 0. The first kappa shape index (κ1) is 8.99. The molecule has 1 N–H and O–H groups in total. The second-order valence-corrected chi connectivity index (χ2v) is 3.60. The van der Waals surface area contributed by atoms with Gasteiger partial charge < -0.3 is 9.72 Å². The van der Waals surface area contributed by atoms with Gasteiger partial charge in [-0.05, 0) is 25.5 Å². The van der Waals surface area contributed by atoms with E-state index in [-0.39, 0.29) is 6.42 Å². The maximum atomic E-state index is 11.3. The highest BCUT2D eigenvalue weighted by atomic mass is 16.6. The fourth-order valence-corrected chi connectivity index (χ4v) is 1.81. The van der Waals surface area contributed by atoms with Crippen molar-refractivity contribution in [3.63, 3.8) is 0 Å². The Labute approximate surface area is 81.3 Å². The minimum Gasteiger partial charge on any atom is -0.393 e. The van der Waals surface area contributed by atoms with Gasteiger partial charge in [-0.15, -0.1) is 0 Å². The van der Waals surface area contributed by atoms with E-state index in [1.54, 1.807) is 0 Å². The molecule has 0 spiro atoms. The summed E-state index contributed by atoms with van der Waals surface area (Å²) in [6.07, 6.45) is 0.152. The third kappa shape index (κ3) is 1.32. The van der Waals surface area contributed by atoms with Crippen molar-refractivity contribution in [2.75, 3.05) is 0 Å². The number of ether oxygens (including phenoxy) is 1. The smallest absolute Gasteiger partial charge is 0.323 e. The van der Waals surface area contributed by atoms with Crippen LogP contribution < -0.4 is 0 Å². The van der Waals surface area contributed by atoms with E-state index in [0.29, 0.717) is 0 Å². The maximum absolute atomic E-state index is 11.3. The van der Waals surface area contributed by atoms with Crippen LogP contribution in [0.2, 0.25) is 0 Å². The maximum Gasteiger partial charge on any atom is 0.323 e. The third-order valence-corrected chi connectivity index (χ3v) is 2.41. The van der Waals surface area contributed by atoms with Crippen LogP contribution in [0.4, 0.5) is 0 Å². The lowest BCUT2D eigenvalue weighted by Gasteiger charge is -2.02. The predicted octanol–water partition coefficient (Wildman–Crippen LogP) is 1.19. The molecule has 1 aromatic rings. The summed E-state index contributed by atoms with van der Waals surface area (Å²) in [6.45, 7) is 3.83. The van der Waals surface area contributed by atoms with Crippen molar-refractivity contribution in [2.45, 2.75) is 26.2 Å². The molecule has 0 amide bonds. The summed E-state index contributed by atoms with van der Waals surface area (Å²) in [6, 6.07) is 1.95. The van der Waals surface area contributed by atoms with Gasteiger partial charge in [-0.3, -0.25) is 9.59 Å². The molecule has 2 rings (SSSR count). The number of carbonyl (C=O) groups excluding carboxylic acids is 2. The van der Waals surface area contributed by atoms with Crippen molar-refractivity contribution >= 4 is 11.9 Å². The van der Waals surface area contributed by atoms with Crippen LogP contribution in [0.5, 0.6) is 0 Å². The summed E-state index contributed by atoms with van der Waals surface area (Å²) in [7, 11) is 0. The fraction of sp³-hybridized carbons (Fsp3) is 0.400. The van der Waals surface area contributed by atoms with Gasteiger partial charge in [0.15, 0.2) is 0 Å². The van der Waals surface area contributed by atoms with Crippen molar-refractivity contribution in [3.05, 3.63) is 23.0 Å². The lowest BCUT2D eigenvalue weighted by molar-refractivity contribution is -0.152. The number of aromatic amines is 1. The number of esters is 2.